The maximum Gasteiger partial charge on any atom is 0.252 e. The molecule has 100 valence electrons. The van der Waals surface area contributed by atoms with Gasteiger partial charge in [0.25, 0.3) is 5.56 Å². The molecule has 1 N–H and O–H groups in total. The molecule has 0 saturated heterocycles. The molecule has 0 saturated carbocycles. The van der Waals surface area contributed by atoms with Crippen molar-refractivity contribution in [3.63, 3.8) is 0 Å². The molecule has 0 atom stereocenters. The van der Waals surface area contributed by atoms with E-state index in [0.717, 1.165) is 5.39 Å². The van der Waals surface area contributed by atoms with Crippen LogP contribution in [0.1, 0.15) is 12.5 Å². The Labute approximate surface area is 110 Å². The van der Waals surface area contributed by atoms with Crippen molar-refractivity contribution in [2.24, 2.45) is 0 Å². The molecule has 0 fully saturated rings. The van der Waals surface area contributed by atoms with Gasteiger partial charge in [-0.1, -0.05) is 0 Å². The minimum absolute atomic E-state index is 0.0558. The van der Waals surface area contributed by atoms with E-state index in [1.54, 1.807) is 25.3 Å². The quantitative estimate of drug-likeness (QED) is 0.909. The number of benzene rings is 1. The van der Waals surface area contributed by atoms with E-state index in [-0.39, 0.29) is 17.8 Å². The molecule has 1 aromatic heterocycles. The molecule has 0 bridgehead atoms. The second-order valence-electron chi connectivity index (χ2n) is 4.30. The summed E-state index contributed by atoms with van der Waals surface area (Å²) in [6.45, 7) is 1.45. The number of rotatable bonds is 4. The number of carbonyl (C=O) groups excluding carboxylic acids is 1. The Balaban J connectivity index is 2.70. The molecule has 1 aromatic carbocycles. The number of aromatic amines is 1. The fraction of sp³-hybridized carbons (Fsp3) is 0.286. The van der Waals surface area contributed by atoms with Gasteiger partial charge >= 0.3 is 0 Å². The number of pyridine rings is 1. The summed E-state index contributed by atoms with van der Waals surface area (Å²) in [5.41, 5.74) is 0.766. The van der Waals surface area contributed by atoms with Gasteiger partial charge in [-0.3, -0.25) is 9.59 Å². The van der Waals surface area contributed by atoms with Crippen molar-refractivity contribution in [3.8, 4) is 11.5 Å². The zero-order chi connectivity index (χ0) is 14.0. The van der Waals surface area contributed by atoms with Crippen molar-refractivity contribution >= 4 is 16.7 Å². The van der Waals surface area contributed by atoms with Crippen molar-refractivity contribution in [2.75, 3.05) is 14.2 Å². The fourth-order valence-electron chi connectivity index (χ4n) is 1.98. The van der Waals surface area contributed by atoms with Crippen molar-refractivity contribution in [2.45, 2.75) is 13.3 Å². The van der Waals surface area contributed by atoms with Gasteiger partial charge in [-0.2, -0.15) is 0 Å². The number of hydrogen-bond donors (Lipinski definition) is 1. The number of hydrogen-bond acceptors (Lipinski definition) is 4. The van der Waals surface area contributed by atoms with Gasteiger partial charge in [-0.15, -0.1) is 0 Å². The van der Waals surface area contributed by atoms with Crippen LogP contribution in [0.15, 0.2) is 23.0 Å². The van der Waals surface area contributed by atoms with Gasteiger partial charge in [-0.25, -0.2) is 0 Å². The van der Waals surface area contributed by atoms with Gasteiger partial charge in [0.2, 0.25) is 0 Å². The first kappa shape index (κ1) is 13.1. The summed E-state index contributed by atoms with van der Waals surface area (Å²) >= 11 is 0. The summed E-state index contributed by atoms with van der Waals surface area (Å²) in [6, 6.07) is 5.18. The van der Waals surface area contributed by atoms with Gasteiger partial charge in [0, 0.05) is 23.4 Å². The number of aromatic nitrogens is 1. The zero-order valence-electron chi connectivity index (χ0n) is 11.1. The smallest absolute Gasteiger partial charge is 0.252 e. The SMILES string of the molecule is COc1cc(OC)c2[nH]c(=O)c(CC(C)=O)cc2c1. The Morgan fingerprint density at radius 2 is 1.95 bits per heavy atom. The number of carbonyl (C=O) groups is 1. The van der Waals surface area contributed by atoms with E-state index in [4.69, 9.17) is 9.47 Å². The molecule has 1 heterocycles. The number of ether oxygens (including phenoxy) is 2. The lowest BCUT2D eigenvalue weighted by atomic mass is 10.1. The summed E-state index contributed by atoms with van der Waals surface area (Å²) in [6.07, 6.45) is 0.116. The zero-order valence-corrected chi connectivity index (χ0v) is 11.1. The molecule has 0 aliphatic carbocycles. The third kappa shape index (κ3) is 2.59. The van der Waals surface area contributed by atoms with E-state index in [2.05, 4.69) is 4.98 Å². The number of Topliss-reactive ketones (excluding diaryl/α,β-unsaturated/α-hetero) is 1. The van der Waals surface area contributed by atoms with Gasteiger partial charge in [0.05, 0.1) is 19.7 Å². The number of H-pyrrole nitrogens is 1. The summed E-state index contributed by atoms with van der Waals surface area (Å²) in [5.74, 6) is 1.10. The van der Waals surface area contributed by atoms with Gasteiger partial charge in [0.15, 0.2) is 0 Å². The number of nitrogens with one attached hydrogen (secondary N) is 1. The van der Waals surface area contributed by atoms with Crippen LogP contribution in [-0.2, 0) is 11.2 Å². The maximum absolute atomic E-state index is 11.9. The lowest BCUT2D eigenvalue weighted by molar-refractivity contribution is -0.116. The van der Waals surface area contributed by atoms with E-state index in [9.17, 15) is 9.59 Å². The van der Waals surface area contributed by atoms with Crippen LogP contribution in [0, 0.1) is 0 Å². The summed E-state index contributed by atoms with van der Waals surface area (Å²) in [7, 11) is 3.08. The van der Waals surface area contributed by atoms with Gasteiger partial charge in [-0.05, 0) is 19.1 Å². The molecule has 5 nitrogen and oxygen atoms in total. The van der Waals surface area contributed by atoms with Crippen LogP contribution in [-0.4, -0.2) is 25.0 Å². The van der Waals surface area contributed by atoms with Crippen LogP contribution in [0.5, 0.6) is 11.5 Å². The first-order valence-electron chi connectivity index (χ1n) is 5.82. The summed E-state index contributed by atoms with van der Waals surface area (Å²) < 4.78 is 10.4. The molecule has 0 aliphatic rings. The Morgan fingerprint density at radius 1 is 1.21 bits per heavy atom. The molecule has 2 aromatic rings. The molecule has 2 rings (SSSR count). The van der Waals surface area contributed by atoms with Gasteiger partial charge < -0.3 is 14.5 Å². The molecule has 0 amide bonds. The molecule has 19 heavy (non-hydrogen) atoms. The van der Waals surface area contributed by atoms with Crippen LogP contribution in [0.4, 0.5) is 0 Å². The molecular formula is C14H15NO4. The van der Waals surface area contributed by atoms with E-state index in [0.29, 0.717) is 22.6 Å². The van der Waals surface area contributed by atoms with Crippen molar-refractivity contribution in [1.82, 2.24) is 4.98 Å². The third-order valence-corrected chi connectivity index (χ3v) is 2.86. The van der Waals surface area contributed by atoms with E-state index < -0.39 is 0 Å². The highest BCUT2D eigenvalue weighted by molar-refractivity contribution is 5.87. The number of methoxy groups -OCH3 is 2. The monoisotopic (exact) mass is 261 g/mol. The first-order chi connectivity index (χ1) is 9.05. The van der Waals surface area contributed by atoms with Crippen molar-refractivity contribution in [1.29, 1.82) is 0 Å². The molecule has 0 radical (unpaired) electrons. The van der Waals surface area contributed by atoms with Crippen LogP contribution >= 0.6 is 0 Å². The highest BCUT2D eigenvalue weighted by Gasteiger charge is 2.10. The van der Waals surface area contributed by atoms with Crippen LogP contribution in [0.3, 0.4) is 0 Å². The summed E-state index contributed by atoms with van der Waals surface area (Å²) in [5, 5.41) is 0.770. The average molecular weight is 261 g/mol. The largest absolute Gasteiger partial charge is 0.497 e. The normalized spacial score (nSPS) is 10.5. The highest BCUT2D eigenvalue weighted by atomic mass is 16.5. The molecular weight excluding hydrogens is 246 g/mol. The summed E-state index contributed by atoms with van der Waals surface area (Å²) in [4.78, 5) is 25.8. The van der Waals surface area contributed by atoms with Crippen molar-refractivity contribution < 1.29 is 14.3 Å². The number of ketones is 1. The van der Waals surface area contributed by atoms with E-state index in [1.165, 1.54) is 14.0 Å². The standard InChI is InChI=1S/C14H15NO4/c1-8(16)4-10-5-9-6-11(18-2)7-12(19-3)13(9)15-14(10)17/h5-7H,4H2,1-3H3,(H,15,17). The maximum atomic E-state index is 11.9. The first-order valence-corrected chi connectivity index (χ1v) is 5.82. The second kappa shape index (κ2) is 5.14. The van der Waals surface area contributed by atoms with Crippen molar-refractivity contribution in [3.05, 3.63) is 34.1 Å². The molecule has 0 unspecified atom stereocenters. The van der Waals surface area contributed by atoms with Gasteiger partial charge in [0.1, 0.15) is 17.3 Å². The molecule has 0 spiro atoms. The fourth-order valence-corrected chi connectivity index (χ4v) is 1.98. The Morgan fingerprint density at radius 3 is 2.53 bits per heavy atom. The second-order valence-corrected chi connectivity index (χ2v) is 4.30. The lowest BCUT2D eigenvalue weighted by Crippen LogP contribution is -2.15. The predicted molar refractivity (Wildman–Crippen MR) is 72.1 cm³/mol. The Kier molecular flexibility index (Phi) is 3.55. The third-order valence-electron chi connectivity index (χ3n) is 2.86. The highest BCUT2D eigenvalue weighted by Crippen LogP contribution is 2.29. The predicted octanol–water partition coefficient (Wildman–Crippen LogP) is 1.68. The van der Waals surface area contributed by atoms with Crippen LogP contribution < -0.4 is 15.0 Å². The Hall–Kier alpha value is -2.30. The van der Waals surface area contributed by atoms with Crippen LogP contribution in [0.25, 0.3) is 10.9 Å². The topological polar surface area (TPSA) is 68.4 Å². The van der Waals surface area contributed by atoms with E-state index >= 15 is 0 Å². The average Bonchev–Trinajstić information content (AvgIpc) is 2.38. The minimum atomic E-state index is -0.272. The molecule has 5 heteroatoms. The number of fused-ring (bicyclic) bond motifs is 1. The van der Waals surface area contributed by atoms with Crippen LogP contribution in [0.2, 0.25) is 0 Å². The van der Waals surface area contributed by atoms with E-state index in [1.807, 2.05) is 0 Å². The minimum Gasteiger partial charge on any atom is -0.497 e. The lowest BCUT2D eigenvalue weighted by Gasteiger charge is -2.09. The molecule has 0 aliphatic heterocycles. The Bertz CT molecular complexity index is 688.